The summed E-state index contributed by atoms with van der Waals surface area (Å²) in [6, 6.07) is 4.26. The lowest BCUT2D eigenvalue weighted by Gasteiger charge is -2.16. The fourth-order valence-corrected chi connectivity index (χ4v) is 4.35. The highest BCUT2D eigenvalue weighted by molar-refractivity contribution is 7.89. The van der Waals surface area contributed by atoms with Crippen molar-refractivity contribution in [1.82, 2.24) is 9.62 Å². The van der Waals surface area contributed by atoms with Gasteiger partial charge in [-0.25, -0.2) is 8.42 Å². The molecule has 1 fully saturated rings. The van der Waals surface area contributed by atoms with E-state index in [0.29, 0.717) is 32.7 Å². The van der Waals surface area contributed by atoms with E-state index in [4.69, 9.17) is 16.3 Å². The highest BCUT2D eigenvalue weighted by Crippen LogP contribution is 2.25. The van der Waals surface area contributed by atoms with Crippen LogP contribution >= 0.6 is 11.6 Å². The molecule has 0 saturated carbocycles. The van der Waals surface area contributed by atoms with Gasteiger partial charge in [-0.2, -0.15) is 4.31 Å². The minimum Gasteiger partial charge on any atom is -0.379 e. The van der Waals surface area contributed by atoms with Crippen molar-refractivity contribution in [2.24, 2.45) is 0 Å². The van der Waals surface area contributed by atoms with Crippen LogP contribution in [0.15, 0.2) is 23.1 Å². The lowest BCUT2D eigenvalue weighted by atomic mass is 10.2. The molecule has 0 unspecified atom stereocenters. The van der Waals surface area contributed by atoms with Crippen molar-refractivity contribution >= 4 is 27.5 Å². The molecule has 1 aliphatic heterocycles. The molecular weight excluding hydrogens is 364 g/mol. The lowest BCUT2D eigenvalue weighted by molar-refractivity contribution is 0.0757. The largest absolute Gasteiger partial charge is 0.379 e. The summed E-state index contributed by atoms with van der Waals surface area (Å²) >= 11 is 6.09. The van der Waals surface area contributed by atoms with E-state index in [-0.39, 0.29) is 27.5 Å². The molecular formula is C17H25ClN2O4S. The van der Waals surface area contributed by atoms with Gasteiger partial charge in [0.25, 0.3) is 5.91 Å². The molecule has 1 amide bonds. The molecule has 0 radical (unpaired) electrons. The predicted molar refractivity (Wildman–Crippen MR) is 97.5 cm³/mol. The van der Waals surface area contributed by atoms with Gasteiger partial charge in [-0.3, -0.25) is 4.79 Å². The molecule has 0 atom stereocenters. The zero-order valence-corrected chi connectivity index (χ0v) is 16.2. The third-order valence-corrected chi connectivity index (χ3v) is 6.17. The van der Waals surface area contributed by atoms with Crippen molar-refractivity contribution < 1.29 is 17.9 Å². The Labute approximate surface area is 154 Å². The zero-order valence-electron chi connectivity index (χ0n) is 14.6. The molecule has 25 heavy (non-hydrogen) atoms. The number of carbonyl (C=O) groups is 1. The maximum atomic E-state index is 12.6. The normalized spacial score (nSPS) is 15.7. The van der Waals surface area contributed by atoms with Crippen molar-refractivity contribution in [3.8, 4) is 0 Å². The topological polar surface area (TPSA) is 75.7 Å². The first-order valence-corrected chi connectivity index (χ1v) is 10.3. The Balaban J connectivity index is 2.04. The summed E-state index contributed by atoms with van der Waals surface area (Å²) in [5.74, 6) is -0.381. The summed E-state index contributed by atoms with van der Waals surface area (Å²) in [5, 5.41) is 2.98. The predicted octanol–water partition coefficient (Wildman–Crippen LogP) is 2.67. The Morgan fingerprint density at radius 3 is 2.64 bits per heavy atom. The van der Waals surface area contributed by atoms with Crippen LogP contribution in [0, 0.1) is 0 Å². The van der Waals surface area contributed by atoms with E-state index in [2.05, 4.69) is 5.32 Å². The first-order chi connectivity index (χ1) is 11.8. The molecule has 1 aliphatic rings. The van der Waals surface area contributed by atoms with Crippen molar-refractivity contribution in [1.29, 1.82) is 0 Å². The number of hydrogen-bond acceptors (Lipinski definition) is 4. The molecule has 1 saturated heterocycles. The van der Waals surface area contributed by atoms with Crippen LogP contribution in [0.2, 0.25) is 5.02 Å². The molecule has 6 nitrogen and oxygen atoms in total. The van der Waals surface area contributed by atoms with Crippen LogP contribution in [-0.2, 0) is 14.8 Å². The van der Waals surface area contributed by atoms with Crippen LogP contribution in [0.1, 0.15) is 43.5 Å². The Kier molecular flexibility index (Phi) is 7.25. The SMILES string of the molecule is CC(C)OCCCNC(=O)c1cc(S(=O)(=O)N2CCCC2)ccc1Cl. The van der Waals surface area contributed by atoms with E-state index in [9.17, 15) is 13.2 Å². The third-order valence-electron chi connectivity index (χ3n) is 3.94. The Hall–Kier alpha value is -1.15. The molecule has 2 rings (SSSR count). The van der Waals surface area contributed by atoms with Crippen molar-refractivity contribution in [3.63, 3.8) is 0 Å². The Morgan fingerprint density at radius 2 is 2.00 bits per heavy atom. The highest BCUT2D eigenvalue weighted by atomic mass is 35.5. The van der Waals surface area contributed by atoms with Crippen LogP contribution in [0.25, 0.3) is 0 Å². The second kappa shape index (κ2) is 8.98. The molecule has 8 heteroatoms. The smallest absolute Gasteiger partial charge is 0.252 e. The van der Waals surface area contributed by atoms with Gasteiger partial charge < -0.3 is 10.1 Å². The van der Waals surface area contributed by atoms with Crippen LogP contribution < -0.4 is 5.32 Å². The minimum absolute atomic E-state index is 0.104. The average Bonchev–Trinajstić information content (AvgIpc) is 3.09. The summed E-state index contributed by atoms with van der Waals surface area (Å²) in [5.41, 5.74) is 0.173. The van der Waals surface area contributed by atoms with Crippen LogP contribution in [0.4, 0.5) is 0 Å². The van der Waals surface area contributed by atoms with Gasteiger partial charge in [0.05, 0.1) is 21.6 Å². The van der Waals surface area contributed by atoms with Gasteiger partial charge in [0, 0.05) is 26.2 Å². The van der Waals surface area contributed by atoms with E-state index in [1.54, 1.807) is 0 Å². The van der Waals surface area contributed by atoms with Crippen LogP contribution in [-0.4, -0.2) is 51.0 Å². The minimum atomic E-state index is -3.58. The summed E-state index contributed by atoms with van der Waals surface area (Å²) in [6.45, 7) is 5.92. The molecule has 0 bridgehead atoms. The van der Waals surface area contributed by atoms with Crippen molar-refractivity contribution in [2.75, 3.05) is 26.2 Å². The fraction of sp³-hybridized carbons (Fsp3) is 0.588. The Bertz CT molecular complexity index is 701. The summed E-state index contributed by atoms with van der Waals surface area (Å²) in [4.78, 5) is 12.4. The van der Waals surface area contributed by atoms with E-state index in [1.165, 1.54) is 22.5 Å². The van der Waals surface area contributed by atoms with Crippen LogP contribution in [0.5, 0.6) is 0 Å². The Morgan fingerprint density at radius 1 is 1.32 bits per heavy atom. The summed E-state index contributed by atoms with van der Waals surface area (Å²) in [7, 11) is -3.58. The number of nitrogens with zero attached hydrogens (tertiary/aromatic N) is 1. The monoisotopic (exact) mass is 388 g/mol. The number of halogens is 1. The molecule has 0 aromatic heterocycles. The zero-order chi connectivity index (χ0) is 18.4. The van der Waals surface area contributed by atoms with Gasteiger partial charge in [-0.1, -0.05) is 11.6 Å². The van der Waals surface area contributed by atoms with Gasteiger partial charge in [-0.15, -0.1) is 0 Å². The van der Waals surface area contributed by atoms with Gasteiger partial charge in [0.15, 0.2) is 0 Å². The number of sulfonamides is 1. The maximum Gasteiger partial charge on any atom is 0.252 e. The molecule has 0 aliphatic carbocycles. The summed E-state index contributed by atoms with van der Waals surface area (Å²) < 4.78 is 32.1. The van der Waals surface area contributed by atoms with E-state index < -0.39 is 10.0 Å². The molecule has 0 spiro atoms. The van der Waals surface area contributed by atoms with E-state index >= 15 is 0 Å². The number of nitrogens with one attached hydrogen (secondary N) is 1. The molecule has 1 aromatic rings. The summed E-state index contributed by atoms with van der Waals surface area (Å²) in [6.07, 6.45) is 2.54. The number of rotatable bonds is 8. The first kappa shape index (κ1) is 20.2. The van der Waals surface area contributed by atoms with Gasteiger partial charge in [0.2, 0.25) is 10.0 Å². The number of amides is 1. The highest BCUT2D eigenvalue weighted by Gasteiger charge is 2.28. The van der Waals surface area contributed by atoms with Gasteiger partial charge in [0.1, 0.15) is 0 Å². The third kappa shape index (κ3) is 5.41. The molecule has 1 aromatic carbocycles. The second-order valence-electron chi connectivity index (χ2n) is 6.28. The molecule has 1 heterocycles. The lowest BCUT2D eigenvalue weighted by Crippen LogP contribution is -2.29. The van der Waals surface area contributed by atoms with Gasteiger partial charge >= 0.3 is 0 Å². The van der Waals surface area contributed by atoms with E-state index in [1.807, 2.05) is 13.8 Å². The van der Waals surface area contributed by atoms with Crippen molar-refractivity contribution in [3.05, 3.63) is 28.8 Å². The average molecular weight is 389 g/mol. The molecule has 1 N–H and O–H groups in total. The van der Waals surface area contributed by atoms with Gasteiger partial charge in [-0.05, 0) is 51.3 Å². The maximum absolute atomic E-state index is 12.6. The van der Waals surface area contributed by atoms with E-state index in [0.717, 1.165) is 12.8 Å². The number of benzene rings is 1. The molecule has 140 valence electrons. The second-order valence-corrected chi connectivity index (χ2v) is 8.63. The number of ether oxygens (including phenoxy) is 1. The first-order valence-electron chi connectivity index (χ1n) is 8.52. The van der Waals surface area contributed by atoms with Crippen molar-refractivity contribution in [2.45, 2.75) is 44.1 Å². The number of hydrogen-bond donors (Lipinski definition) is 1. The fourth-order valence-electron chi connectivity index (χ4n) is 2.60. The number of carbonyl (C=O) groups excluding carboxylic acids is 1. The van der Waals surface area contributed by atoms with Crippen LogP contribution in [0.3, 0.4) is 0 Å². The quantitative estimate of drug-likeness (QED) is 0.694. The standard InChI is InChI=1S/C17H25ClN2O4S/c1-13(2)24-11-5-8-19-17(21)15-12-14(6-7-16(15)18)25(22,23)20-9-3-4-10-20/h6-7,12-13H,3-5,8-11H2,1-2H3,(H,19,21).